The number of halogens is 2. The Hall–Kier alpha value is -1.90. The fraction of sp³-hybridized carbons (Fsp3) is 0.176. The first-order chi connectivity index (χ1) is 12.2. The van der Waals surface area contributed by atoms with Gasteiger partial charge in [0.25, 0.3) is 5.91 Å². The molecule has 6 nitrogen and oxygen atoms in total. The van der Waals surface area contributed by atoms with Gasteiger partial charge in [0.15, 0.2) is 0 Å². The van der Waals surface area contributed by atoms with E-state index in [4.69, 9.17) is 11.6 Å². The first-order valence-electron chi connectivity index (χ1n) is 7.50. The van der Waals surface area contributed by atoms with Crippen LogP contribution in [0.5, 0.6) is 0 Å². The van der Waals surface area contributed by atoms with Gasteiger partial charge in [0.1, 0.15) is 6.54 Å². The second-order valence-corrected chi connectivity index (χ2v) is 8.69. The van der Waals surface area contributed by atoms with Crippen LogP contribution in [0.4, 0.5) is 5.69 Å². The summed E-state index contributed by atoms with van der Waals surface area (Å²) in [4.78, 5) is 12.2. The summed E-state index contributed by atoms with van der Waals surface area (Å²) >= 11 is 9.41. The van der Waals surface area contributed by atoms with E-state index in [2.05, 4.69) is 26.5 Å². The van der Waals surface area contributed by atoms with Gasteiger partial charge in [-0.2, -0.15) is 5.10 Å². The number of rotatable bonds is 6. The maximum atomic E-state index is 12.2. The summed E-state index contributed by atoms with van der Waals surface area (Å²) in [5.41, 5.74) is 4.04. The van der Waals surface area contributed by atoms with Crippen LogP contribution < -0.4 is 9.73 Å². The van der Waals surface area contributed by atoms with Gasteiger partial charge in [-0.05, 0) is 36.8 Å². The van der Waals surface area contributed by atoms with Crippen molar-refractivity contribution >= 4 is 54.9 Å². The topological polar surface area (TPSA) is 78.8 Å². The number of hydrazone groups is 1. The molecule has 0 unspecified atom stereocenters. The van der Waals surface area contributed by atoms with E-state index in [0.717, 1.165) is 20.6 Å². The zero-order valence-corrected chi connectivity index (χ0v) is 17.3. The Bertz CT molecular complexity index is 931. The normalized spacial score (nSPS) is 11.9. The third kappa shape index (κ3) is 5.55. The van der Waals surface area contributed by atoms with E-state index in [1.165, 1.54) is 6.07 Å². The van der Waals surface area contributed by atoms with Gasteiger partial charge >= 0.3 is 0 Å². The lowest BCUT2D eigenvalue weighted by atomic mass is 10.1. The third-order valence-electron chi connectivity index (χ3n) is 3.42. The molecule has 1 N–H and O–H groups in total. The summed E-state index contributed by atoms with van der Waals surface area (Å²) in [5.74, 6) is -0.577. The molecule has 0 spiro atoms. The second kappa shape index (κ2) is 8.66. The molecule has 0 fully saturated rings. The smallest absolute Gasteiger partial charge is 0.260 e. The Labute approximate surface area is 166 Å². The maximum Gasteiger partial charge on any atom is 0.260 e. The fourth-order valence-electron chi connectivity index (χ4n) is 2.10. The third-order valence-corrected chi connectivity index (χ3v) is 5.39. The Balaban J connectivity index is 2.14. The average molecular weight is 459 g/mol. The van der Waals surface area contributed by atoms with Gasteiger partial charge in [-0.1, -0.05) is 51.8 Å². The van der Waals surface area contributed by atoms with Gasteiger partial charge in [0, 0.05) is 4.47 Å². The van der Waals surface area contributed by atoms with Crippen molar-refractivity contribution in [3.05, 3.63) is 63.6 Å². The quantitative estimate of drug-likeness (QED) is 0.532. The standard InChI is InChI=1S/C17H17BrClN3O3S/c1-12(13-7-9-14(18)10-8-13)20-21-17(23)11-22(26(2,24)25)16-6-4-3-5-15(16)19/h3-10H,11H2,1-2H3,(H,21,23)/b20-12-. The second-order valence-electron chi connectivity index (χ2n) is 5.46. The van der Waals surface area contributed by atoms with Crippen LogP contribution in [-0.4, -0.2) is 32.8 Å². The van der Waals surface area contributed by atoms with E-state index in [0.29, 0.717) is 5.71 Å². The van der Waals surface area contributed by atoms with Crippen LogP contribution in [0.15, 0.2) is 58.1 Å². The number of para-hydroxylation sites is 1. The molecule has 0 bridgehead atoms. The van der Waals surface area contributed by atoms with Crippen LogP contribution >= 0.6 is 27.5 Å². The predicted octanol–water partition coefficient (Wildman–Crippen LogP) is 3.41. The summed E-state index contributed by atoms with van der Waals surface area (Å²) in [6.45, 7) is 1.31. The summed E-state index contributed by atoms with van der Waals surface area (Å²) in [7, 11) is -3.70. The Kier molecular flexibility index (Phi) is 6.80. The molecular weight excluding hydrogens is 442 g/mol. The lowest BCUT2D eigenvalue weighted by Gasteiger charge is -2.22. The minimum atomic E-state index is -3.70. The first-order valence-corrected chi connectivity index (χ1v) is 10.5. The maximum absolute atomic E-state index is 12.2. The molecule has 0 aliphatic heterocycles. The molecule has 2 rings (SSSR count). The number of carbonyl (C=O) groups excluding carboxylic acids is 1. The number of carbonyl (C=O) groups is 1. The van der Waals surface area contributed by atoms with Crippen molar-refractivity contribution in [1.29, 1.82) is 0 Å². The summed E-state index contributed by atoms with van der Waals surface area (Å²) in [6.07, 6.45) is 1.01. The first kappa shape index (κ1) is 20.4. The number of sulfonamides is 1. The van der Waals surface area contributed by atoms with Crippen molar-refractivity contribution in [1.82, 2.24) is 5.43 Å². The largest absolute Gasteiger partial charge is 0.271 e. The van der Waals surface area contributed by atoms with Crippen molar-refractivity contribution in [2.75, 3.05) is 17.1 Å². The highest BCUT2D eigenvalue weighted by molar-refractivity contribution is 9.10. The highest BCUT2D eigenvalue weighted by Crippen LogP contribution is 2.26. The minimum absolute atomic E-state index is 0.236. The molecule has 26 heavy (non-hydrogen) atoms. The van der Waals surface area contributed by atoms with E-state index in [1.807, 2.05) is 24.3 Å². The number of nitrogens with one attached hydrogen (secondary N) is 1. The van der Waals surface area contributed by atoms with Crippen molar-refractivity contribution in [2.45, 2.75) is 6.92 Å². The Morgan fingerprint density at radius 3 is 2.38 bits per heavy atom. The zero-order chi connectivity index (χ0) is 19.3. The molecular formula is C17H17BrClN3O3S. The molecule has 0 aliphatic rings. The van der Waals surface area contributed by atoms with Gasteiger partial charge in [0.05, 0.1) is 22.7 Å². The number of hydrogen-bond donors (Lipinski definition) is 1. The molecule has 2 aromatic rings. The Morgan fingerprint density at radius 2 is 1.81 bits per heavy atom. The highest BCUT2D eigenvalue weighted by Gasteiger charge is 2.22. The predicted molar refractivity (Wildman–Crippen MR) is 108 cm³/mol. The summed E-state index contributed by atoms with van der Waals surface area (Å²) in [5, 5.41) is 4.26. The monoisotopic (exact) mass is 457 g/mol. The zero-order valence-electron chi connectivity index (χ0n) is 14.1. The molecule has 9 heteroatoms. The van der Waals surface area contributed by atoms with E-state index in [1.54, 1.807) is 25.1 Å². The van der Waals surface area contributed by atoms with Crippen molar-refractivity contribution in [3.8, 4) is 0 Å². The molecule has 1 amide bonds. The number of hydrogen-bond acceptors (Lipinski definition) is 4. The van der Waals surface area contributed by atoms with Crippen LogP contribution in [0.3, 0.4) is 0 Å². The van der Waals surface area contributed by atoms with Crippen molar-refractivity contribution < 1.29 is 13.2 Å². The molecule has 0 saturated carbocycles. The lowest BCUT2D eigenvalue weighted by Crippen LogP contribution is -2.39. The van der Waals surface area contributed by atoms with Gasteiger partial charge < -0.3 is 0 Å². The van der Waals surface area contributed by atoms with E-state index in [9.17, 15) is 13.2 Å². The molecule has 0 atom stereocenters. The lowest BCUT2D eigenvalue weighted by molar-refractivity contribution is -0.119. The van der Waals surface area contributed by atoms with Gasteiger partial charge in [-0.3, -0.25) is 9.10 Å². The summed E-state index contributed by atoms with van der Waals surface area (Å²) in [6, 6.07) is 13.8. The molecule has 0 aromatic heterocycles. The van der Waals surface area contributed by atoms with Gasteiger partial charge in [-0.25, -0.2) is 13.8 Å². The number of nitrogens with zero attached hydrogens (tertiary/aromatic N) is 2. The number of benzene rings is 2. The number of anilines is 1. The highest BCUT2D eigenvalue weighted by atomic mass is 79.9. The molecule has 0 heterocycles. The van der Waals surface area contributed by atoms with Crippen LogP contribution in [0, 0.1) is 0 Å². The molecule has 0 aliphatic carbocycles. The van der Waals surface area contributed by atoms with E-state index < -0.39 is 22.5 Å². The summed E-state index contributed by atoms with van der Waals surface area (Å²) < 4.78 is 26.0. The van der Waals surface area contributed by atoms with Crippen molar-refractivity contribution in [3.63, 3.8) is 0 Å². The molecule has 0 radical (unpaired) electrons. The van der Waals surface area contributed by atoms with Crippen LogP contribution in [-0.2, 0) is 14.8 Å². The van der Waals surface area contributed by atoms with Crippen LogP contribution in [0.2, 0.25) is 5.02 Å². The van der Waals surface area contributed by atoms with Crippen LogP contribution in [0.1, 0.15) is 12.5 Å². The number of amides is 1. The van der Waals surface area contributed by atoms with E-state index >= 15 is 0 Å². The average Bonchev–Trinajstić information content (AvgIpc) is 2.58. The fourth-order valence-corrected chi connectivity index (χ4v) is 3.52. The van der Waals surface area contributed by atoms with Crippen LogP contribution in [0.25, 0.3) is 0 Å². The van der Waals surface area contributed by atoms with Gasteiger partial charge in [0.2, 0.25) is 10.0 Å². The minimum Gasteiger partial charge on any atom is -0.271 e. The molecule has 2 aromatic carbocycles. The Morgan fingerprint density at radius 1 is 1.19 bits per heavy atom. The van der Waals surface area contributed by atoms with E-state index in [-0.39, 0.29) is 10.7 Å². The van der Waals surface area contributed by atoms with Crippen molar-refractivity contribution in [2.24, 2.45) is 5.10 Å². The molecule has 138 valence electrons. The SMILES string of the molecule is C/C(=N/NC(=O)CN(c1ccccc1Cl)S(C)(=O)=O)c1ccc(Br)cc1. The van der Waals surface area contributed by atoms with Gasteiger partial charge in [-0.15, -0.1) is 0 Å². The molecule has 0 saturated heterocycles.